The first-order chi connectivity index (χ1) is 8.59. The van der Waals surface area contributed by atoms with Crippen LogP contribution in [0.25, 0.3) is 0 Å². The smallest absolute Gasteiger partial charge is 0.113 e. The number of aromatic nitrogens is 1. The number of thiazole rings is 1. The number of nitrogens with one attached hydrogen (secondary N) is 1. The highest BCUT2D eigenvalue weighted by molar-refractivity contribution is 7.11. The third-order valence-electron chi connectivity index (χ3n) is 3.61. The molecule has 102 valence electrons. The Hall–Kier alpha value is -0.450. The normalized spacial score (nSPS) is 18.9. The van der Waals surface area contributed by atoms with E-state index in [4.69, 9.17) is 9.72 Å². The summed E-state index contributed by atoms with van der Waals surface area (Å²) in [6.07, 6.45) is 4.60. The van der Waals surface area contributed by atoms with Crippen LogP contribution in [0.5, 0.6) is 0 Å². The predicted molar refractivity (Wildman–Crippen MR) is 76.2 cm³/mol. The van der Waals surface area contributed by atoms with E-state index >= 15 is 0 Å². The van der Waals surface area contributed by atoms with Gasteiger partial charge < -0.3 is 10.1 Å². The highest BCUT2D eigenvalue weighted by atomic mass is 32.1. The van der Waals surface area contributed by atoms with Gasteiger partial charge in [-0.1, -0.05) is 6.92 Å². The van der Waals surface area contributed by atoms with Crippen molar-refractivity contribution in [2.45, 2.75) is 58.0 Å². The molecule has 0 saturated heterocycles. The zero-order valence-electron chi connectivity index (χ0n) is 11.9. The fraction of sp³-hybridized carbons (Fsp3) is 0.786. The molecule has 1 aliphatic carbocycles. The Kier molecular flexibility index (Phi) is 4.41. The van der Waals surface area contributed by atoms with Crippen molar-refractivity contribution < 1.29 is 4.74 Å². The zero-order chi connectivity index (χ0) is 13.2. The molecule has 3 nitrogen and oxygen atoms in total. The predicted octanol–water partition coefficient (Wildman–Crippen LogP) is 3.02. The minimum atomic E-state index is -0.0278. The van der Waals surface area contributed by atoms with Crippen molar-refractivity contribution in [1.82, 2.24) is 10.3 Å². The monoisotopic (exact) mass is 268 g/mol. The minimum Gasteiger partial charge on any atom is -0.385 e. The van der Waals surface area contributed by atoms with Crippen molar-refractivity contribution in [2.24, 2.45) is 0 Å². The van der Waals surface area contributed by atoms with Crippen LogP contribution in [0.3, 0.4) is 0 Å². The third-order valence-corrected chi connectivity index (χ3v) is 4.88. The number of hydrogen-bond donors (Lipinski definition) is 1. The molecule has 4 heteroatoms. The van der Waals surface area contributed by atoms with Crippen molar-refractivity contribution in [3.05, 3.63) is 15.6 Å². The lowest BCUT2D eigenvalue weighted by molar-refractivity contribution is 0.158. The van der Waals surface area contributed by atoms with E-state index < -0.39 is 0 Å². The van der Waals surface area contributed by atoms with Crippen LogP contribution >= 0.6 is 11.3 Å². The maximum atomic E-state index is 5.26. The summed E-state index contributed by atoms with van der Waals surface area (Å²) in [5.41, 5.74) is 1.22. The second-order valence-corrected chi connectivity index (χ2v) is 6.57. The quantitative estimate of drug-likeness (QED) is 0.825. The van der Waals surface area contributed by atoms with Gasteiger partial charge in [-0.25, -0.2) is 4.98 Å². The van der Waals surface area contributed by atoms with Gasteiger partial charge in [0.1, 0.15) is 5.01 Å². The van der Waals surface area contributed by atoms with Gasteiger partial charge in [0.25, 0.3) is 0 Å². The van der Waals surface area contributed by atoms with E-state index in [2.05, 4.69) is 26.1 Å². The fourth-order valence-electron chi connectivity index (χ4n) is 2.22. The van der Waals surface area contributed by atoms with Crippen molar-refractivity contribution in [1.29, 1.82) is 0 Å². The second-order valence-electron chi connectivity index (χ2n) is 5.37. The number of rotatable bonds is 7. The van der Waals surface area contributed by atoms with E-state index in [0.717, 1.165) is 19.4 Å². The average molecular weight is 268 g/mol. The molecular weight excluding hydrogens is 244 g/mol. The fourth-order valence-corrected chi connectivity index (χ4v) is 3.36. The Morgan fingerprint density at radius 2 is 2.22 bits per heavy atom. The first-order valence-electron chi connectivity index (χ1n) is 6.82. The number of aryl methyl sites for hydroxylation is 2. The third kappa shape index (κ3) is 3.11. The van der Waals surface area contributed by atoms with E-state index in [1.165, 1.54) is 28.4 Å². The van der Waals surface area contributed by atoms with Crippen LogP contribution in [-0.2, 0) is 16.7 Å². The van der Waals surface area contributed by atoms with Gasteiger partial charge in [0.05, 0.1) is 11.2 Å². The van der Waals surface area contributed by atoms with Crippen LogP contribution in [0.4, 0.5) is 0 Å². The van der Waals surface area contributed by atoms with Crippen molar-refractivity contribution in [3.63, 3.8) is 0 Å². The summed E-state index contributed by atoms with van der Waals surface area (Å²) in [5, 5.41) is 4.97. The van der Waals surface area contributed by atoms with E-state index in [-0.39, 0.29) is 5.54 Å². The van der Waals surface area contributed by atoms with Crippen LogP contribution in [0.1, 0.15) is 48.7 Å². The van der Waals surface area contributed by atoms with Gasteiger partial charge in [-0.3, -0.25) is 0 Å². The molecule has 1 aliphatic rings. The van der Waals surface area contributed by atoms with Gasteiger partial charge in [-0.2, -0.15) is 0 Å². The molecule has 2 rings (SSSR count). The van der Waals surface area contributed by atoms with Crippen LogP contribution in [-0.4, -0.2) is 24.7 Å². The first kappa shape index (κ1) is 14.0. The van der Waals surface area contributed by atoms with Crippen LogP contribution < -0.4 is 5.32 Å². The Morgan fingerprint density at radius 3 is 2.72 bits per heavy atom. The Balaban J connectivity index is 2.19. The number of hydrogen-bond acceptors (Lipinski definition) is 4. The molecule has 18 heavy (non-hydrogen) atoms. The molecule has 0 bridgehead atoms. The summed E-state index contributed by atoms with van der Waals surface area (Å²) >= 11 is 1.84. The number of methoxy groups -OCH3 is 1. The SMILES string of the molecule is CCc1nc(C(C)(CCOC)NC2CC2)sc1C. The van der Waals surface area contributed by atoms with E-state index in [9.17, 15) is 0 Å². The highest BCUT2D eigenvalue weighted by Crippen LogP contribution is 2.34. The average Bonchev–Trinajstić information content (AvgIpc) is 3.07. The van der Waals surface area contributed by atoms with Gasteiger partial charge in [-0.05, 0) is 39.5 Å². The van der Waals surface area contributed by atoms with Gasteiger partial charge in [0, 0.05) is 24.6 Å². The number of ether oxygens (including phenoxy) is 1. The van der Waals surface area contributed by atoms with Gasteiger partial charge in [0.15, 0.2) is 0 Å². The zero-order valence-corrected chi connectivity index (χ0v) is 12.7. The lowest BCUT2D eigenvalue weighted by atomic mass is 9.99. The summed E-state index contributed by atoms with van der Waals surface area (Å²) in [4.78, 5) is 6.19. The van der Waals surface area contributed by atoms with Gasteiger partial charge in [0.2, 0.25) is 0 Å². The van der Waals surface area contributed by atoms with E-state index in [0.29, 0.717) is 6.04 Å². The lowest BCUT2D eigenvalue weighted by Gasteiger charge is -2.29. The van der Waals surface area contributed by atoms with Gasteiger partial charge >= 0.3 is 0 Å². The summed E-state index contributed by atoms with van der Waals surface area (Å²) < 4.78 is 5.26. The summed E-state index contributed by atoms with van der Waals surface area (Å²) in [6, 6.07) is 0.682. The molecule has 0 aromatic carbocycles. The Morgan fingerprint density at radius 1 is 1.50 bits per heavy atom. The number of nitrogens with zero attached hydrogens (tertiary/aromatic N) is 1. The molecule has 0 amide bonds. The van der Waals surface area contributed by atoms with Crippen molar-refractivity contribution in [3.8, 4) is 0 Å². The van der Waals surface area contributed by atoms with Crippen LogP contribution in [0.15, 0.2) is 0 Å². The molecule has 1 atom stereocenters. The largest absolute Gasteiger partial charge is 0.385 e. The molecule has 0 aliphatic heterocycles. The first-order valence-corrected chi connectivity index (χ1v) is 7.64. The van der Waals surface area contributed by atoms with E-state index in [1.54, 1.807) is 7.11 Å². The second kappa shape index (κ2) is 5.68. The Bertz CT molecular complexity index is 400. The maximum absolute atomic E-state index is 5.26. The minimum absolute atomic E-state index is 0.0278. The van der Waals surface area contributed by atoms with Crippen LogP contribution in [0, 0.1) is 6.92 Å². The maximum Gasteiger partial charge on any atom is 0.113 e. The molecule has 1 aromatic rings. The molecule has 0 spiro atoms. The molecule has 1 unspecified atom stereocenters. The summed E-state index contributed by atoms with van der Waals surface area (Å²) in [5.74, 6) is 0. The molecule has 1 heterocycles. The van der Waals surface area contributed by atoms with E-state index in [1.807, 2.05) is 11.3 Å². The highest BCUT2D eigenvalue weighted by Gasteiger charge is 2.36. The molecule has 1 N–H and O–H groups in total. The topological polar surface area (TPSA) is 34.1 Å². The van der Waals surface area contributed by atoms with Crippen molar-refractivity contribution in [2.75, 3.05) is 13.7 Å². The molecule has 1 saturated carbocycles. The Labute approximate surface area is 114 Å². The summed E-state index contributed by atoms with van der Waals surface area (Å²) in [7, 11) is 1.77. The lowest BCUT2D eigenvalue weighted by Crippen LogP contribution is -2.42. The van der Waals surface area contributed by atoms with Crippen molar-refractivity contribution >= 4 is 11.3 Å². The molecule has 1 fully saturated rings. The van der Waals surface area contributed by atoms with Gasteiger partial charge in [-0.15, -0.1) is 11.3 Å². The summed E-state index contributed by atoms with van der Waals surface area (Å²) in [6.45, 7) is 7.39. The van der Waals surface area contributed by atoms with Crippen LogP contribution in [0.2, 0.25) is 0 Å². The molecular formula is C14H24N2OS. The standard InChI is InChI=1S/C14H24N2OS/c1-5-12-10(2)18-13(15-12)14(3,8-9-17-4)16-11-6-7-11/h11,16H,5-9H2,1-4H3. The molecule has 1 aromatic heterocycles. The molecule has 0 radical (unpaired) electrons.